The number of nitrogens with one attached hydrogen (secondary N) is 1. The summed E-state index contributed by atoms with van der Waals surface area (Å²) in [5.41, 5.74) is 9.24. The van der Waals surface area contributed by atoms with Crippen LogP contribution in [0.1, 0.15) is 36.8 Å². The Morgan fingerprint density at radius 3 is 2.51 bits per heavy atom. The van der Waals surface area contributed by atoms with Crippen molar-refractivity contribution in [1.82, 2.24) is 9.88 Å². The van der Waals surface area contributed by atoms with Gasteiger partial charge in [0.05, 0.1) is 12.6 Å². The number of likely N-dealkylation sites (tertiary alicyclic amines) is 1. The van der Waals surface area contributed by atoms with Gasteiger partial charge >= 0.3 is 0 Å². The average Bonchev–Trinajstić information content (AvgIpc) is 2.92. The number of fused-ring (bicyclic) bond motifs is 1. The molecule has 0 atom stereocenters. The highest BCUT2D eigenvalue weighted by Gasteiger charge is 2.33. The molecule has 2 aromatic carbocycles. The van der Waals surface area contributed by atoms with Crippen LogP contribution in [0.15, 0.2) is 36.5 Å². The zero-order valence-corrected chi connectivity index (χ0v) is 21.2. The molecule has 37 heavy (non-hydrogen) atoms. The van der Waals surface area contributed by atoms with Crippen molar-refractivity contribution in [2.75, 3.05) is 45.2 Å². The second-order valence-corrected chi connectivity index (χ2v) is 9.88. The van der Waals surface area contributed by atoms with Gasteiger partial charge in [0.1, 0.15) is 5.75 Å². The number of benzene rings is 2. The number of nitrogens with two attached hydrogens (primary N) is 1. The Bertz CT molecular complexity index is 1190. The number of aromatic nitrogens is 1. The van der Waals surface area contributed by atoms with Gasteiger partial charge in [-0.25, -0.2) is 13.2 Å². The van der Waals surface area contributed by atoms with Gasteiger partial charge in [-0.1, -0.05) is 0 Å². The number of piperidine rings is 1. The Morgan fingerprint density at radius 2 is 1.86 bits per heavy atom. The maximum absolute atomic E-state index is 13.4. The van der Waals surface area contributed by atoms with Gasteiger partial charge in [-0.3, -0.25) is 4.98 Å². The van der Waals surface area contributed by atoms with E-state index in [9.17, 15) is 18.3 Å². The molecule has 0 radical (unpaired) electrons. The van der Waals surface area contributed by atoms with Gasteiger partial charge < -0.3 is 25.8 Å². The van der Waals surface area contributed by atoms with Crippen LogP contribution in [0, 0.1) is 22.9 Å². The molecular weight excluding hydrogens is 481 g/mol. The molecule has 1 aliphatic rings. The lowest BCUT2D eigenvalue weighted by atomic mass is 9.75. The smallest absolute Gasteiger partial charge is 0.194 e. The molecule has 1 aromatic heterocycles. The number of nitrogens with zero attached hydrogens (tertiary/aromatic N) is 2. The predicted octanol–water partition coefficient (Wildman–Crippen LogP) is 4.63. The Morgan fingerprint density at radius 1 is 1.14 bits per heavy atom. The Kier molecular flexibility index (Phi) is 8.89. The summed E-state index contributed by atoms with van der Waals surface area (Å²) in [5, 5.41) is 14.3. The van der Waals surface area contributed by atoms with Crippen LogP contribution in [-0.4, -0.2) is 54.9 Å². The molecule has 6 nitrogen and oxygen atoms in total. The molecule has 3 aromatic rings. The third kappa shape index (κ3) is 6.34. The van der Waals surface area contributed by atoms with Gasteiger partial charge in [-0.2, -0.15) is 0 Å². The maximum atomic E-state index is 13.4. The molecule has 0 unspecified atom stereocenters. The maximum Gasteiger partial charge on any atom is 0.194 e. The summed E-state index contributed by atoms with van der Waals surface area (Å²) >= 11 is 0. The number of rotatable bonds is 11. The molecule has 0 saturated carbocycles. The van der Waals surface area contributed by atoms with Gasteiger partial charge in [0.2, 0.25) is 0 Å². The summed E-state index contributed by atoms with van der Waals surface area (Å²) in [4.78, 5) is 6.81. The Balaban J connectivity index is 1.31. The van der Waals surface area contributed by atoms with Gasteiger partial charge in [0, 0.05) is 55.6 Å². The van der Waals surface area contributed by atoms with Crippen LogP contribution < -0.4 is 15.8 Å². The minimum absolute atomic E-state index is 0.128. The number of aliphatic hydroxyl groups is 1. The number of hydrogen-bond acceptors (Lipinski definition) is 6. The number of pyridine rings is 1. The summed E-state index contributed by atoms with van der Waals surface area (Å²) in [7, 11) is 1.65. The molecule has 4 N–H and O–H groups in total. The third-order valence-electron chi connectivity index (χ3n) is 7.62. The average molecular weight is 517 g/mol. The quantitative estimate of drug-likeness (QED) is 0.323. The van der Waals surface area contributed by atoms with E-state index in [1.165, 1.54) is 5.56 Å². The fourth-order valence-electron chi connectivity index (χ4n) is 5.26. The van der Waals surface area contributed by atoms with Crippen LogP contribution >= 0.6 is 0 Å². The highest BCUT2D eigenvalue weighted by Crippen LogP contribution is 2.37. The predicted molar refractivity (Wildman–Crippen MR) is 139 cm³/mol. The van der Waals surface area contributed by atoms with Crippen molar-refractivity contribution in [2.24, 2.45) is 11.1 Å². The van der Waals surface area contributed by atoms with Crippen molar-refractivity contribution < 1.29 is 23.0 Å². The molecular formula is C28H35F3N4O2. The van der Waals surface area contributed by atoms with E-state index in [-0.39, 0.29) is 17.7 Å². The lowest BCUT2D eigenvalue weighted by Gasteiger charge is -2.41. The minimum atomic E-state index is -1.46. The fraction of sp³-hybridized carbons (Fsp3) is 0.464. The number of halogens is 3. The molecule has 0 aliphatic carbocycles. The van der Waals surface area contributed by atoms with Crippen molar-refractivity contribution in [2.45, 2.75) is 38.6 Å². The molecule has 1 saturated heterocycles. The summed E-state index contributed by atoms with van der Waals surface area (Å²) < 4.78 is 45.4. The van der Waals surface area contributed by atoms with Gasteiger partial charge in [-0.05, 0) is 79.9 Å². The lowest BCUT2D eigenvalue weighted by molar-refractivity contribution is 0.0370. The number of aryl methyl sites for hydroxylation is 1. The molecule has 0 bridgehead atoms. The summed E-state index contributed by atoms with van der Waals surface area (Å²) in [6, 6.07) is 7.80. The standard InChI is InChI=1S/C28H35F3N4O2/c1-37-21-4-5-26-23(15-21)22(19(16-32)17-34-26)3-2-6-28(18-36)7-10-35(11-8-28)12-9-33-20-13-24(29)27(31)25(30)14-20/h4-5,13-15,17,33,36H,2-3,6-12,16,18,32H2,1H3. The van der Waals surface area contributed by atoms with Crippen LogP contribution in [0.3, 0.4) is 0 Å². The van der Waals surface area contributed by atoms with E-state index >= 15 is 0 Å². The minimum Gasteiger partial charge on any atom is -0.497 e. The summed E-state index contributed by atoms with van der Waals surface area (Å²) in [6.07, 6.45) is 6.27. The number of anilines is 1. The fourth-order valence-corrected chi connectivity index (χ4v) is 5.26. The van der Waals surface area contributed by atoms with E-state index in [2.05, 4.69) is 15.2 Å². The first-order valence-electron chi connectivity index (χ1n) is 12.7. The van der Waals surface area contributed by atoms with E-state index in [1.807, 2.05) is 24.4 Å². The number of methoxy groups -OCH3 is 1. The molecule has 1 aliphatic heterocycles. The normalized spacial score (nSPS) is 15.7. The summed E-state index contributed by atoms with van der Waals surface area (Å²) in [6.45, 7) is 3.39. The van der Waals surface area contributed by atoms with Crippen LogP contribution in [0.5, 0.6) is 5.75 Å². The van der Waals surface area contributed by atoms with E-state index in [0.717, 1.165) is 79.5 Å². The van der Waals surface area contributed by atoms with E-state index in [4.69, 9.17) is 10.5 Å². The highest BCUT2D eigenvalue weighted by atomic mass is 19.2. The first-order chi connectivity index (χ1) is 17.9. The SMILES string of the molecule is COc1ccc2ncc(CN)c(CCCC3(CO)CCN(CCNc4cc(F)c(F)c(F)c4)CC3)c2c1. The number of hydrogen-bond donors (Lipinski definition) is 3. The molecule has 1 fully saturated rings. The van der Waals surface area contributed by atoms with Crippen molar-refractivity contribution in [1.29, 1.82) is 0 Å². The summed E-state index contributed by atoms with van der Waals surface area (Å²) in [5.74, 6) is -3.08. The first kappa shape index (κ1) is 27.2. The van der Waals surface area contributed by atoms with Crippen molar-refractivity contribution in [3.8, 4) is 5.75 Å². The molecule has 200 valence electrons. The van der Waals surface area contributed by atoms with Gasteiger partial charge in [-0.15, -0.1) is 0 Å². The molecule has 0 amide bonds. The van der Waals surface area contributed by atoms with E-state index in [1.54, 1.807) is 7.11 Å². The Labute approximate surface area is 215 Å². The van der Waals surface area contributed by atoms with Crippen molar-refractivity contribution >= 4 is 16.6 Å². The monoisotopic (exact) mass is 516 g/mol. The molecule has 0 spiro atoms. The van der Waals surface area contributed by atoms with Crippen molar-refractivity contribution in [3.63, 3.8) is 0 Å². The molecule has 2 heterocycles. The Hall–Kier alpha value is -2.88. The van der Waals surface area contributed by atoms with Crippen LogP contribution in [0.4, 0.5) is 18.9 Å². The van der Waals surface area contributed by atoms with Crippen LogP contribution in [0.25, 0.3) is 10.9 Å². The number of aliphatic hydroxyl groups excluding tert-OH is 1. The largest absolute Gasteiger partial charge is 0.497 e. The number of ether oxygens (including phenoxy) is 1. The van der Waals surface area contributed by atoms with E-state index in [0.29, 0.717) is 19.6 Å². The molecule has 4 rings (SSSR count). The first-order valence-corrected chi connectivity index (χ1v) is 12.7. The molecule has 9 heteroatoms. The van der Waals surface area contributed by atoms with Gasteiger partial charge in [0.25, 0.3) is 0 Å². The van der Waals surface area contributed by atoms with Crippen LogP contribution in [-0.2, 0) is 13.0 Å². The van der Waals surface area contributed by atoms with E-state index < -0.39 is 17.5 Å². The lowest BCUT2D eigenvalue weighted by Crippen LogP contribution is -2.43. The zero-order chi connectivity index (χ0) is 26.4. The topological polar surface area (TPSA) is 83.6 Å². The highest BCUT2D eigenvalue weighted by molar-refractivity contribution is 5.84. The van der Waals surface area contributed by atoms with Crippen molar-refractivity contribution in [3.05, 3.63) is 65.1 Å². The van der Waals surface area contributed by atoms with Crippen LogP contribution in [0.2, 0.25) is 0 Å². The third-order valence-corrected chi connectivity index (χ3v) is 7.62. The van der Waals surface area contributed by atoms with Gasteiger partial charge in [0.15, 0.2) is 17.5 Å². The zero-order valence-electron chi connectivity index (χ0n) is 21.2. The second-order valence-electron chi connectivity index (χ2n) is 9.88. The second kappa shape index (κ2) is 12.1.